The number of aromatic amines is 1. The molecule has 2 heterocycles. The third-order valence-corrected chi connectivity index (χ3v) is 2.61. The highest BCUT2D eigenvalue weighted by molar-refractivity contribution is 5.61. The summed E-state index contributed by atoms with van der Waals surface area (Å²) in [5.41, 5.74) is 3.04. The van der Waals surface area contributed by atoms with E-state index >= 15 is 0 Å². The van der Waals surface area contributed by atoms with E-state index in [1.54, 1.807) is 6.20 Å². The van der Waals surface area contributed by atoms with Crippen LogP contribution < -0.4 is 9.55 Å². The van der Waals surface area contributed by atoms with Crippen LogP contribution in [0.15, 0.2) is 49.1 Å². The average molecular weight is 212 g/mol. The van der Waals surface area contributed by atoms with Crippen molar-refractivity contribution < 1.29 is 9.55 Å². The normalized spacial score (nSPS) is 10.8. The Balaban J connectivity index is 2.33. The second kappa shape index (κ2) is 3.41. The standard InChI is InChI=1S/C12H11N4/c1-15-9-16(10-5-3-2-4-6-10)12-11(15)13-7-8-14-12/h2-9H,1H3/q+1/p+1. The van der Waals surface area contributed by atoms with Gasteiger partial charge in [0.2, 0.25) is 0 Å². The molecule has 0 radical (unpaired) electrons. The van der Waals surface area contributed by atoms with E-state index in [0.29, 0.717) is 0 Å². The quantitative estimate of drug-likeness (QED) is 0.546. The van der Waals surface area contributed by atoms with Gasteiger partial charge < -0.3 is 0 Å². The molecule has 4 heteroatoms. The molecule has 2 aromatic heterocycles. The number of benzene rings is 1. The van der Waals surface area contributed by atoms with Gasteiger partial charge in [-0.2, -0.15) is 9.55 Å². The van der Waals surface area contributed by atoms with Crippen molar-refractivity contribution in [3.05, 3.63) is 49.1 Å². The third-order valence-electron chi connectivity index (χ3n) is 2.61. The van der Waals surface area contributed by atoms with Crippen molar-refractivity contribution in [3.63, 3.8) is 0 Å². The number of para-hydroxylation sites is 1. The molecule has 3 rings (SSSR count). The highest BCUT2D eigenvalue weighted by Gasteiger charge is 2.22. The van der Waals surface area contributed by atoms with Gasteiger partial charge in [-0.3, -0.25) is 0 Å². The fourth-order valence-corrected chi connectivity index (χ4v) is 1.85. The Hall–Kier alpha value is -2.23. The molecule has 0 aliphatic carbocycles. The van der Waals surface area contributed by atoms with Gasteiger partial charge in [0.25, 0.3) is 0 Å². The number of imidazole rings is 1. The number of hydrogen-bond donors (Lipinski definition) is 0. The van der Waals surface area contributed by atoms with Crippen molar-refractivity contribution in [2.75, 3.05) is 0 Å². The topological polar surface area (TPSA) is 35.8 Å². The molecule has 0 bridgehead atoms. The molecule has 0 amide bonds. The maximum absolute atomic E-state index is 4.39. The lowest BCUT2D eigenvalue weighted by molar-refractivity contribution is -0.682. The van der Waals surface area contributed by atoms with Gasteiger partial charge in [0.1, 0.15) is 13.2 Å². The molecule has 78 valence electrons. The molecule has 16 heavy (non-hydrogen) atoms. The summed E-state index contributed by atoms with van der Waals surface area (Å²) in [4.78, 5) is 7.58. The predicted octanol–water partition coefficient (Wildman–Crippen LogP) is 0.664. The van der Waals surface area contributed by atoms with E-state index in [9.17, 15) is 0 Å². The van der Waals surface area contributed by atoms with E-state index < -0.39 is 0 Å². The molecule has 0 fully saturated rings. The van der Waals surface area contributed by atoms with Crippen LogP contribution in [0.25, 0.3) is 17.0 Å². The zero-order chi connectivity index (χ0) is 11.0. The van der Waals surface area contributed by atoms with Crippen molar-refractivity contribution in [1.82, 2.24) is 9.55 Å². The van der Waals surface area contributed by atoms with Crippen LogP contribution in [0.1, 0.15) is 0 Å². The molecule has 0 aliphatic rings. The molecule has 0 saturated carbocycles. The Morgan fingerprint density at radius 2 is 2.06 bits per heavy atom. The summed E-state index contributed by atoms with van der Waals surface area (Å²) in [5.74, 6) is 0. The number of aryl methyl sites for hydroxylation is 1. The molecule has 4 nitrogen and oxygen atoms in total. The monoisotopic (exact) mass is 212 g/mol. The van der Waals surface area contributed by atoms with E-state index in [4.69, 9.17) is 0 Å². The van der Waals surface area contributed by atoms with Crippen LogP contribution in [-0.2, 0) is 7.05 Å². The first-order valence-corrected chi connectivity index (χ1v) is 5.15. The van der Waals surface area contributed by atoms with Crippen LogP contribution in [0.2, 0.25) is 0 Å². The van der Waals surface area contributed by atoms with Crippen molar-refractivity contribution in [2.45, 2.75) is 0 Å². The largest absolute Gasteiger partial charge is 0.415 e. The summed E-state index contributed by atoms with van der Waals surface area (Å²) in [6.07, 6.45) is 5.61. The number of nitrogens with zero attached hydrogens (tertiary/aromatic N) is 3. The number of hydrogen-bond acceptors (Lipinski definition) is 1. The molecular formula is C12H12N4+2. The lowest BCUT2D eigenvalue weighted by atomic mass is 10.3. The third kappa shape index (κ3) is 1.27. The summed E-state index contributed by atoms with van der Waals surface area (Å²) in [6.45, 7) is 0. The van der Waals surface area contributed by atoms with E-state index in [2.05, 4.69) is 26.7 Å². The molecule has 1 N–H and O–H groups in total. The van der Waals surface area contributed by atoms with Gasteiger partial charge in [0, 0.05) is 0 Å². The van der Waals surface area contributed by atoms with Gasteiger partial charge in [-0.15, -0.1) is 4.57 Å². The van der Waals surface area contributed by atoms with Crippen LogP contribution in [0.4, 0.5) is 0 Å². The molecule has 0 atom stereocenters. The van der Waals surface area contributed by atoms with Gasteiger partial charge >= 0.3 is 17.6 Å². The minimum absolute atomic E-state index is 0.927. The number of rotatable bonds is 1. The van der Waals surface area contributed by atoms with Crippen LogP contribution in [0.3, 0.4) is 0 Å². The Labute approximate surface area is 92.8 Å². The minimum atomic E-state index is 0.927. The van der Waals surface area contributed by atoms with Crippen LogP contribution in [0, 0.1) is 0 Å². The lowest BCUT2D eigenvalue weighted by Crippen LogP contribution is -2.31. The van der Waals surface area contributed by atoms with Crippen LogP contribution in [-0.4, -0.2) is 9.55 Å². The first-order chi connectivity index (χ1) is 7.86. The number of nitrogens with one attached hydrogen (secondary N) is 1. The van der Waals surface area contributed by atoms with Gasteiger partial charge in [-0.1, -0.05) is 18.2 Å². The highest BCUT2D eigenvalue weighted by atomic mass is 15.2. The predicted molar refractivity (Wildman–Crippen MR) is 58.8 cm³/mol. The molecule has 1 aromatic carbocycles. The minimum Gasteiger partial charge on any atom is -0.208 e. The molecule has 0 unspecified atom stereocenters. The van der Waals surface area contributed by atoms with E-state index in [1.165, 1.54) is 0 Å². The molecule has 0 saturated heterocycles. The Morgan fingerprint density at radius 3 is 2.88 bits per heavy atom. The van der Waals surface area contributed by atoms with Gasteiger partial charge in [0.15, 0.2) is 5.69 Å². The second-order valence-corrected chi connectivity index (χ2v) is 3.69. The molecular weight excluding hydrogens is 200 g/mol. The lowest BCUT2D eigenvalue weighted by Gasteiger charge is -1.90. The number of H-pyrrole nitrogens is 1. The molecule has 0 aliphatic heterocycles. The second-order valence-electron chi connectivity index (χ2n) is 3.69. The fraction of sp³-hybridized carbons (Fsp3) is 0.0833. The molecule has 3 aromatic rings. The van der Waals surface area contributed by atoms with Crippen LogP contribution in [0.5, 0.6) is 0 Å². The SMILES string of the molecule is C[n+]1cn(-c2ccccc2)c2ncc[nH+]c21. The molecule has 0 spiro atoms. The first-order valence-electron chi connectivity index (χ1n) is 5.15. The maximum atomic E-state index is 4.39. The average Bonchev–Trinajstić information content (AvgIpc) is 2.69. The van der Waals surface area contributed by atoms with E-state index in [1.807, 2.05) is 42.3 Å². The van der Waals surface area contributed by atoms with E-state index in [0.717, 1.165) is 17.0 Å². The summed E-state index contributed by atoms with van der Waals surface area (Å²) >= 11 is 0. The van der Waals surface area contributed by atoms with E-state index in [-0.39, 0.29) is 0 Å². The van der Waals surface area contributed by atoms with Crippen LogP contribution >= 0.6 is 0 Å². The van der Waals surface area contributed by atoms with Gasteiger partial charge in [-0.25, -0.2) is 4.98 Å². The van der Waals surface area contributed by atoms with Gasteiger partial charge in [-0.05, 0) is 12.1 Å². The van der Waals surface area contributed by atoms with Crippen molar-refractivity contribution in [1.29, 1.82) is 0 Å². The highest BCUT2D eigenvalue weighted by Crippen LogP contribution is 2.10. The van der Waals surface area contributed by atoms with Gasteiger partial charge in [0.05, 0.1) is 6.20 Å². The Bertz CT molecular complexity index is 628. The first kappa shape index (κ1) is 9.03. The zero-order valence-corrected chi connectivity index (χ0v) is 8.96. The maximum Gasteiger partial charge on any atom is 0.415 e. The summed E-state index contributed by atoms with van der Waals surface area (Å²) in [7, 11) is 2.00. The summed E-state index contributed by atoms with van der Waals surface area (Å²) in [6, 6.07) is 10.2. The van der Waals surface area contributed by atoms with Crippen molar-refractivity contribution in [2.24, 2.45) is 7.05 Å². The smallest absolute Gasteiger partial charge is 0.208 e. The fourth-order valence-electron chi connectivity index (χ4n) is 1.85. The zero-order valence-electron chi connectivity index (χ0n) is 8.96. The Kier molecular flexibility index (Phi) is 1.93. The summed E-state index contributed by atoms with van der Waals surface area (Å²) < 4.78 is 4.08. The number of fused-ring (bicyclic) bond motifs is 1. The number of aromatic nitrogens is 4. The van der Waals surface area contributed by atoms with Crippen molar-refractivity contribution >= 4 is 11.3 Å². The summed E-state index contributed by atoms with van der Waals surface area (Å²) in [5, 5.41) is 0. The van der Waals surface area contributed by atoms with Crippen molar-refractivity contribution in [3.8, 4) is 5.69 Å². The Morgan fingerprint density at radius 1 is 1.25 bits per heavy atom.